The lowest BCUT2D eigenvalue weighted by Crippen LogP contribution is -2.12. The van der Waals surface area contributed by atoms with Gasteiger partial charge >= 0.3 is 5.97 Å². The Bertz CT molecular complexity index is 1460. The van der Waals surface area contributed by atoms with Crippen LogP contribution in [0, 0.1) is 6.92 Å². The summed E-state index contributed by atoms with van der Waals surface area (Å²) in [5, 5.41) is 4.11. The Morgan fingerprint density at radius 3 is 2.34 bits per heavy atom. The largest absolute Gasteiger partial charge is 0.497 e. The monoisotopic (exact) mass is 561 g/mol. The molecule has 0 aliphatic heterocycles. The number of nitrogens with one attached hydrogen (secondary N) is 1. The number of hydrogen-bond acceptors (Lipinski definition) is 10. The highest BCUT2D eigenvalue weighted by atomic mass is 16.6. The van der Waals surface area contributed by atoms with Gasteiger partial charge in [-0.15, -0.1) is 0 Å². The maximum atomic E-state index is 12.0. The van der Waals surface area contributed by atoms with E-state index in [2.05, 4.69) is 15.3 Å². The second kappa shape index (κ2) is 14.9. The molecule has 1 aromatic heterocycles. The molecule has 0 unspecified atom stereocenters. The minimum atomic E-state index is -0.370. The van der Waals surface area contributed by atoms with Crippen LogP contribution in [-0.2, 0) is 18.9 Å². The first-order valence-electron chi connectivity index (χ1n) is 13.2. The van der Waals surface area contributed by atoms with Gasteiger partial charge in [-0.1, -0.05) is 12.1 Å². The summed E-state index contributed by atoms with van der Waals surface area (Å²) in [5.74, 6) is 1.32. The molecule has 0 spiro atoms. The molecule has 216 valence electrons. The Hall–Kier alpha value is -4.25. The number of carbonyl (C=O) groups excluding carboxylic acids is 1. The average molecular weight is 562 g/mol. The number of hydrogen-bond donors (Lipinski definition) is 1. The Kier molecular flexibility index (Phi) is 10.8. The average Bonchev–Trinajstić information content (AvgIpc) is 2.99. The van der Waals surface area contributed by atoms with Gasteiger partial charge in [0.15, 0.2) is 0 Å². The lowest BCUT2D eigenvalue weighted by Gasteiger charge is -2.13. The first-order chi connectivity index (χ1) is 20.0. The molecule has 0 amide bonds. The number of aromatic nitrogens is 2. The molecule has 0 radical (unpaired) electrons. The molecule has 0 aliphatic carbocycles. The summed E-state index contributed by atoms with van der Waals surface area (Å²) in [6.45, 7) is 4.91. The number of aryl methyl sites for hydroxylation is 1. The zero-order chi connectivity index (χ0) is 29.0. The van der Waals surface area contributed by atoms with E-state index in [9.17, 15) is 4.79 Å². The summed E-state index contributed by atoms with van der Waals surface area (Å²) in [6, 6.07) is 16.9. The standard InChI is InChI=1S/C31H35N3O7/c1-21-5-6-23(30(35)38-4)16-28(21)22-7-8-29-24(15-22)20-32-31(34-29)33-25-17-26(37-3)19-27(18-25)41-14-13-40-12-11-39-10-9-36-2/h5-8,15-20H,9-14H2,1-4H3,(H,32,33,34). The summed E-state index contributed by atoms with van der Waals surface area (Å²) in [7, 11) is 4.61. The van der Waals surface area contributed by atoms with E-state index in [-0.39, 0.29) is 5.97 Å². The van der Waals surface area contributed by atoms with Crippen molar-refractivity contribution in [2.24, 2.45) is 0 Å². The molecule has 3 aromatic carbocycles. The number of rotatable bonds is 15. The molecule has 4 rings (SSSR count). The summed E-state index contributed by atoms with van der Waals surface area (Å²) >= 11 is 0. The van der Waals surface area contributed by atoms with Gasteiger partial charge in [0, 0.05) is 42.6 Å². The van der Waals surface area contributed by atoms with Crippen LogP contribution in [0.2, 0.25) is 0 Å². The number of anilines is 2. The Morgan fingerprint density at radius 1 is 0.829 bits per heavy atom. The van der Waals surface area contributed by atoms with Crippen LogP contribution in [0.25, 0.3) is 22.0 Å². The lowest BCUT2D eigenvalue weighted by molar-refractivity contribution is 0.0179. The van der Waals surface area contributed by atoms with Crippen molar-refractivity contribution >= 4 is 28.5 Å². The van der Waals surface area contributed by atoms with E-state index < -0.39 is 0 Å². The fraction of sp³-hybridized carbons (Fsp3) is 0.323. The Balaban J connectivity index is 1.41. The van der Waals surface area contributed by atoms with Gasteiger partial charge in [-0.25, -0.2) is 14.8 Å². The molecule has 0 aliphatic rings. The van der Waals surface area contributed by atoms with Gasteiger partial charge in [0.05, 0.1) is 58.3 Å². The van der Waals surface area contributed by atoms with E-state index in [4.69, 9.17) is 28.4 Å². The number of nitrogens with zero attached hydrogens (tertiary/aromatic N) is 2. The van der Waals surface area contributed by atoms with E-state index in [1.165, 1.54) is 7.11 Å². The van der Waals surface area contributed by atoms with Gasteiger partial charge in [-0.3, -0.25) is 0 Å². The second-order valence-electron chi connectivity index (χ2n) is 9.08. The van der Waals surface area contributed by atoms with Gasteiger partial charge in [0.1, 0.15) is 18.1 Å². The lowest BCUT2D eigenvalue weighted by atomic mass is 9.97. The molecule has 1 heterocycles. The first-order valence-corrected chi connectivity index (χ1v) is 13.2. The molecular weight excluding hydrogens is 526 g/mol. The van der Waals surface area contributed by atoms with Crippen molar-refractivity contribution < 1.29 is 33.2 Å². The van der Waals surface area contributed by atoms with Crippen molar-refractivity contribution in [1.82, 2.24) is 9.97 Å². The minimum Gasteiger partial charge on any atom is -0.497 e. The van der Waals surface area contributed by atoms with E-state index in [0.29, 0.717) is 62.7 Å². The quantitative estimate of drug-likeness (QED) is 0.154. The van der Waals surface area contributed by atoms with Crippen molar-refractivity contribution in [1.29, 1.82) is 0 Å². The normalized spacial score (nSPS) is 10.9. The zero-order valence-corrected chi connectivity index (χ0v) is 23.8. The number of esters is 1. The summed E-state index contributed by atoms with van der Waals surface area (Å²) in [4.78, 5) is 21.2. The predicted molar refractivity (Wildman–Crippen MR) is 156 cm³/mol. The van der Waals surface area contributed by atoms with Crippen LogP contribution in [0.3, 0.4) is 0 Å². The SMILES string of the molecule is COCCOCCOCCOc1cc(Nc2ncc3cc(-c4cc(C(=O)OC)ccc4C)ccc3n2)cc(OC)c1. The number of benzene rings is 3. The summed E-state index contributed by atoms with van der Waals surface area (Å²) in [5.41, 5.74) is 4.95. The fourth-order valence-electron chi connectivity index (χ4n) is 4.10. The zero-order valence-electron chi connectivity index (χ0n) is 23.8. The highest BCUT2D eigenvalue weighted by molar-refractivity contribution is 5.92. The number of fused-ring (bicyclic) bond motifs is 1. The predicted octanol–water partition coefficient (Wildman–Crippen LogP) is 5.20. The van der Waals surface area contributed by atoms with Crippen LogP contribution >= 0.6 is 0 Å². The van der Waals surface area contributed by atoms with Crippen molar-refractivity contribution in [3.05, 3.63) is 71.9 Å². The molecule has 0 fully saturated rings. The minimum absolute atomic E-state index is 0.370. The number of ether oxygens (including phenoxy) is 6. The van der Waals surface area contributed by atoms with E-state index in [1.807, 2.05) is 49.4 Å². The third-order valence-electron chi connectivity index (χ3n) is 6.22. The van der Waals surface area contributed by atoms with Crippen molar-refractivity contribution in [2.75, 3.05) is 66.3 Å². The van der Waals surface area contributed by atoms with Gasteiger partial charge in [-0.05, 0) is 47.9 Å². The molecule has 0 atom stereocenters. The van der Waals surface area contributed by atoms with Crippen LogP contribution in [0.15, 0.2) is 60.8 Å². The van der Waals surface area contributed by atoms with Crippen LogP contribution in [0.5, 0.6) is 11.5 Å². The molecule has 0 bridgehead atoms. The van der Waals surface area contributed by atoms with Crippen LogP contribution in [0.1, 0.15) is 15.9 Å². The number of methoxy groups -OCH3 is 3. The van der Waals surface area contributed by atoms with Gasteiger partial charge < -0.3 is 33.7 Å². The highest BCUT2D eigenvalue weighted by Gasteiger charge is 2.11. The van der Waals surface area contributed by atoms with E-state index >= 15 is 0 Å². The molecule has 41 heavy (non-hydrogen) atoms. The van der Waals surface area contributed by atoms with Gasteiger partial charge in [-0.2, -0.15) is 0 Å². The second-order valence-corrected chi connectivity index (χ2v) is 9.08. The molecular formula is C31H35N3O7. The third kappa shape index (κ3) is 8.37. The van der Waals surface area contributed by atoms with E-state index in [0.717, 1.165) is 33.3 Å². The molecule has 0 saturated carbocycles. The third-order valence-corrected chi connectivity index (χ3v) is 6.22. The molecule has 1 N–H and O–H groups in total. The van der Waals surface area contributed by atoms with Crippen LogP contribution in [0.4, 0.5) is 11.6 Å². The number of carbonyl (C=O) groups is 1. The maximum Gasteiger partial charge on any atom is 0.337 e. The fourth-order valence-corrected chi connectivity index (χ4v) is 4.10. The first kappa shape index (κ1) is 29.7. The Labute approximate surface area is 239 Å². The highest BCUT2D eigenvalue weighted by Crippen LogP contribution is 2.30. The van der Waals surface area contributed by atoms with Crippen molar-refractivity contribution in [3.63, 3.8) is 0 Å². The van der Waals surface area contributed by atoms with Crippen molar-refractivity contribution in [2.45, 2.75) is 6.92 Å². The maximum absolute atomic E-state index is 12.0. The van der Waals surface area contributed by atoms with Gasteiger partial charge in [0.25, 0.3) is 0 Å². The molecule has 10 nitrogen and oxygen atoms in total. The smallest absolute Gasteiger partial charge is 0.337 e. The van der Waals surface area contributed by atoms with Gasteiger partial charge in [0.2, 0.25) is 5.95 Å². The van der Waals surface area contributed by atoms with Crippen molar-refractivity contribution in [3.8, 4) is 22.6 Å². The van der Waals surface area contributed by atoms with E-state index in [1.54, 1.807) is 32.5 Å². The molecule has 4 aromatic rings. The summed E-state index contributed by atoms with van der Waals surface area (Å²) < 4.78 is 32.0. The topological polar surface area (TPSA) is 110 Å². The molecule has 0 saturated heterocycles. The Morgan fingerprint density at radius 2 is 1.59 bits per heavy atom. The van der Waals surface area contributed by atoms with Crippen LogP contribution < -0.4 is 14.8 Å². The molecule has 10 heteroatoms. The van der Waals surface area contributed by atoms with Crippen LogP contribution in [-0.4, -0.2) is 76.9 Å². The summed E-state index contributed by atoms with van der Waals surface area (Å²) in [6.07, 6.45) is 1.77.